The van der Waals surface area contributed by atoms with Crippen LogP contribution in [-0.2, 0) is 9.53 Å². The average molecular weight is 274 g/mol. The van der Waals surface area contributed by atoms with Crippen LogP contribution in [0.1, 0.15) is 6.92 Å². The molecule has 0 aromatic heterocycles. The second kappa shape index (κ2) is 7.58. The zero-order valence-electron chi connectivity index (χ0n) is 9.90. The van der Waals surface area contributed by atoms with E-state index in [0.29, 0.717) is 10.8 Å². The molecule has 0 saturated heterocycles. The number of likely N-dealkylation sites (N-methyl/N-ethyl adjacent to an activating group) is 1. The van der Waals surface area contributed by atoms with E-state index in [4.69, 9.17) is 16.3 Å². The Balaban J connectivity index is 2.51. The van der Waals surface area contributed by atoms with Gasteiger partial charge in [-0.05, 0) is 30.8 Å². The molecular weight excluding hydrogens is 258 g/mol. The second-order valence-electron chi connectivity index (χ2n) is 3.40. The zero-order chi connectivity index (χ0) is 12.7. The molecule has 0 spiro atoms. The summed E-state index contributed by atoms with van der Waals surface area (Å²) in [5, 5.41) is 3.81. The van der Waals surface area contributed by atoms with Gasteiger partial charge in [-0.2, -0.15) is 0 Å². The number of hydrogen-bond donors (Lipinski definition) is 1. The quantitative estimate of drug-likeness (QED) is 0.639. The molecule has 5 heteroatoms. The minimum absolute atomic E-state index is 0.228. The van der Waals surface area contributed by atoms with Crippen LogP contribution < -0.4 is 5.32 Å². The predicted octanol–water partition coefficient (Wildman–Crippen LogP) is 2.58. The van der Waals surface area contributed by atoms with E-state index in [1.807, 2.05) is 31.2 Å². The summed E-state index contributed by atoms with van der Waals surface area (Å²) in [6, 6.07) is 7.28. The molecule has 0 amide bonds. The first-order valence-corrected chi connectivity index (χ1v) is 6.73. The molecule has 1 aromatic rings. The van der Waals surface area contributed by atoms with Crippen LogP contribution in [-0.4, -0.2) is 31.4 Å². The molecule has 0 aliphatic rings. The maximum atomic E-state index is 11.5. The molecule has 0 radical (unpaired) electrons. The summed E-state index contributed by atoms with van der Waals surface area (Å²) in [5.74, 6) is 0.413. The van der Waals surface area contributed by atoms with E-state index in [1.54, 1.807) is 11.8 Å². The summed E-state index contributed by atoms with van der Waals surface area (Å²) >= 11 is 7.40. The Morgan fingerprint density at radius 3 is 2.65 bits per heavy atom. The monoisotopic (exact) mass is 273 g/mol. The van der Waals surface area contributed by atoms with Gasteiger partial charge in [0.15, 0.2) is 0 Å². The van der Waals surface area contributed by atoms with E-state index in [9.17, 15) is 4.79 Å². The Morgan fingerprint density at radius 2 is 2.12 bits per heavy atom. The fourth-order valence-electron chi connectivity index (χ4n) is 1.31. The zero-order valence-corrected chi connectivity index (χ0v) is 11.5. The van der Waals surface area contributed by atoms with Crippen LogP contribution >= 0.6 is 23.4 Å². The smallest absolute Gasteiger partial charge is 0.323 e. The lowest BCUT2D eigenvalue weighted by Gasteiger charge is -2.14. The summed E-state index contributed by atoms with van der Waals surface area (Å²) in [7, 11) is 1.40. The van der Waals surface area contributed by atoms with Crippen molar-refractivity contribution in [3.63, 3.8) is 0 Å². The van der Waals surface area contributed by atoms with E-state index < -0.39 is 0 Å². The van der Waals surface area contributed by atoms with E-state index in [2.05, 4.69) is 5.32 Å². The lowest BCUT2D eigenvalue weighted by atomic mass is 10.3. The molecular formula is C12H16ClNO2S. The Hall–Kier alpha value is -0.710. The fourth-order valence-corrected chi connectivity index (χ4v) is 2.38. The van der Waals surface area contributed by atoms with Gasteiger partial charge in [0.1, 0.15) is 6.04 Å². The lowest BCUT2D eigenvalue weighted by Crippen LogP contribution is -2.39. The molecule has 0 fully saturated rings. The first kappa shape index (κ1) is 14.4. The van der Waals surface area contributed by atoms with E-state index in [1.165, 1.54) is 7.11 Å². The third kappa shape index (κ3) is 4.98. The molecule has 0 heterocycles. The van der Waals surface area contributed by atoms with Gasteiger partial charge in [0.05, 0.1) is 7.11 Å². The second-order valence-corrected chi connectivity index (χ2v) is 4.93. The third-order valence-electron chi connectivity index (χ3n) is 2.17. The maximum Gasteiger partial charge on any atom is 0.323 e. The van der Waals surface area contributed by atoms with Crippen LogP contribution in [0.25, 0.3) is 0 Å². The van der Waals surface area contributed by atoms with E-state index in [-0.39, 0.29) is 12.0 Å². The number of carbonyl (C=O) groups is 1. The van der Waals surface area contributed by atoms with Gasteiger partial charge in [0.2, 0.25) is 0 Å². The number of halogens is 1. The first-order valence-electron chi connectivity index (χ1n) is 5.37. The largest absolute Gasteiger partial charge is 0.468 e. The fraction of sp³-hybridized carbons (Fsp3) is 0.417. The van der Waals surface area contributed by atoms with Crippen LogP contribution in [0.3, 0.4) is 0 Å². The maximum absolute atomic E-state index is 11.5. The summed E-state index contributed by atoms with van der Waals surface area (Å²) in [6.07, 6.45) is 0. The van der Waals surface area contributed by atoms with Crippen LogP contribution in [0.15, 0.2) is 29.2 Å². The standard InChI is InChI=1S/C12H16ClNO2S/c1-3-14-11(12(15)16-2)8-17-10-6-4-9(13)5-7-10/h4-7,11,14H,3,8H2,1-2H3. The molecule has 1 atom stereocenters. The highest BCUT2D eigenvalue weighted by molar-refractivity contribution is 7.99. The Bertz CT molecular complexity index is 356. The highest BCUT2D eigenvalue weighted by Gasteiger charge is 2.17. The number of methoxy groups -OCH3 is 1. The van der Waals surface area contributed by atoms with Gasteiger partial charge in [-0.25, -0.2) is 0 Å². The highest BCUT2D eigenvalue weighted by atomic mass is 35.5. The number of ether oxygens (including phenoxy) is 1. The van der Waals surface area contributed by atoms with Crippen LogP contribution in [0.5, 0.6) is 0 Å². The van der Waals surface area contributed by atoms with Gasteiger partial charge < -0.3 is 10.1 Å². The molecule has 0 bridgehead atoms. The van der Waals surface area contributed by atoms with Crippen molar-refractivity contribution in [2.45, 2.75) is 17.9 Å². The van der Waals surface area contributed by atoms with Crippen LogP contribution in [0.2, 0.25) is 5.02 Å². The number of carbonyl (C=O) groups excluding carboxylic acids is 1. The number of nitrogens with one attached hydrogen (secondary N) is 1. The molecule has 17 heavy (non-hydrogen) atoms. The normalized spacial score (nSPS) is 12.2. The van der Waals surface area contributed by atoms with Crippen LogP contribution in [0.4, 0.5) is 0 Å². The average Bonchev–Trinajstić information content (AvgIpc) is 2.35. The topological polar surface area (TPSA) is 38.3 Å². The third-order valence-corrected chi connectivity index (χ3v) is 3.52. The van der Waals surface area contributed by atoms with Crippen molar-refractivity contribution in [2.24, 2.45) is 0 Å². The molecule has 1 N–H and O–H groups in total. The van der Waals surface area contributed by atoms with Crippen molar-refractivity contribution < 1.29 is 9.53 Å². The number of rotatable bonds is 6. The molecule has 3 nitrogen and oxygen atoms in total. The molecule has 1 aromatic carbocycles. The van der Waals surface area contributed by atoms with Crippen molar-refractivity contribution in [1.29, 1.82) is 0 Å². The minimum atomic E-state index is -0.273. The number of esters is 1. The van der Waals surface area contributed by atoms with Crippen molar-refractivity contribution in [2.75, 3.05) is 19.4 Å². The van der Waals surface area contributed by atoms with Crippen molar-refractivity contribution >= 4 is 29.3 Å². The van der Waals surface area contributed by atoms with Crippen molar-refractivity contribution in [3.8, 4) is 0 Å². The van der Waals surface area contributed by atoms with E-state index >= 15 is 0 Å². The lowest BCUT2D eigenvalue weighted by molar-refractivity contribution is -0.142. The molecule has 0 aliphatic carbocycles. The highest BCUT2D eigenvalue weighted by Crippen LogP contribution is 2.21. The molecule has 1 rings (SSSR count). The predicted molar refractivity (Wildman–Crippen MR) is 71.7 cm³/mol. The molecule has 0 saturated carbocycles. The SMILES string of the molecule is CCNC(CSc1ccc(Cl)cc1)C(=O)OC. The van der Waals surface area contributed by atoms with Gasteiger partial charge in [-0.1, -0.05) is 18.5 Å². The van der Waals surface area contributed by atoms with Gasteiger partial charge in [0, 0.05) is 15.7 Å². The first-order chi connectivity index (χ1) is 8.17. The van der Waals surface area contributed by atoms with Gasteiger partial charge >= 0.3 is 5.97 Å². The minimum Gasteiger partial charge on any atom is -0.468 e. The van der Waals surface area contributed by atoms with Crippen molar-refractivity contribution in [1.82, 2.24) is 5.32 Å². The molecule has 0 aliphatic heterocycles. The number of thioether (sulfide) groups is 1. The van der Waals surface area contributed by atoms with Gasteiger partial charge in [-0.15, -0.1) is 11.8 Å². The Labute approximate surface area is 111 Å². The van der Waals surface area contributed by atoms with Crippen molar-refractivity contribution in [3.05, 3.63) is 29.3 Å². The summed E-state index contributed by atoms with van der Waals surface area (Å²) in [4.78, 5) is 12.5. The van der Waals surface area contributed by atoms with Gasteiger partial charge in [-0.3, -0.25) is 4.79 Å². The summed E-state index contributed by atoms with van der Waals surface area (Å²) < 4.78 is 4.74. The number of hydrogen-bond acceptors (Lipinski definition) is 4. The summed E-state index contributed by atoms with van der Waals surface area (Å²) in [6.45, 7) is 2.70. The van der Waals surface area contributed by atoms with Crippen LogP contribution in [0, 0.1) is 0 Å². The van der Waals surface area contributed by atoms with Gasteiger partial charge in [0.25, 0.3) is 0 Å². The Kier molecular flexibility index (Phi) is 6.40. The Morgan fingerprint density at radius 1 is 1.47 bits per heavy atom. The summed E-state index contributed by atoms with van der Waals surface area (Å²) in [5.41, 5.74) is 0. The number of benzene rings is 1. The molecule has 1 unspecified atom stereocenters. The molecule has 94 valence electrons. The van der Waals surface area contributed by atoms with E-state index in [0.717, 1.165) is 11.4 Å².